The molecule has 0 bridgehead atoms. The first-order chi connectivity index (χ1) is 5.24. The average molecular weight is 157 g/mol. The Kier molecular flexibility index (Phi) is 2.48. The van der Waals surface area contributed by atoms with E-state index in [1.165, 1.54) is 0 Å². The molecule has 11 heavy (non-hydrogen) atoms. The van der Waals surface area contributed by atoms with E-state index in [1.54, 1.807) is 7.11 Å². The highest BCUT2D eigenvalue weighted by atomic mass is 16.6. The second kappa shape index (κ2) is 3.39. The molecule has 0 saturated carbocycles. The number of hydrogen-bond donors (Lipinski definition) is 1. The van der Waals surface area contributed by atoms with Crippen LogP contribution in [0.3, 0.4) is 0 Å². The highest BCUT2D eigenvalue weighted by molar-refractivity contribution is 5.69. The summed E-state index contributed by atoms with van der Waals surface area (Å²) in [7, 11) is 1.58. The summed E-state index contributed by atoms with van der Waals surface area (Å²) >= 11 is 0. The molecule has 4 nitrogen and oxygen atoms in total. The molecule has 1 saturated heterocycles. The number of ether oxygens (including phenoxy) is 2. The Morgan fingerprint density at radius 1 is 1.82 bits per heavy atom. The van der Waals surface area contributed by atoms with E-state index < -0.39 is 6.09 Å². The summed E-state index contributed by atoms with van der Waals surface area (Å²) in [5.41, 5.74) is 0.565. The van der Waals surface area contributed by atoms with Crippen LogP contribution in [0, 0.1) is 0 Å². The number of rotatable bonds is 1. The van der Waals surface area contributed by atoms with Gasteiger partial charge >= 0.3 is 6.09 Å². The molecule has 1 unspecified atom stereocenters. The SMILES string of the molecule is C=C1NC(=O)OCCC1OC. The molecule has 0 spiro atoms. The van der Waals surface area contributed by atoms with Crippen molar-refractivity contribution >= 4 is 6.09 Å². The summed E-state index contributed by atoms with van der Waals surface area (Å²) in [5.74, 6) is 0. The molecule has 0 aliphatic carbocycles. The van der Waals surface area contributed by atoms with Crippen LogP contribution in [0.5, 0.6) is 0 Å². The third kappa shape index (κ3) is 1.94. The predicted octanol–water partition coefficient (Wildman–Crippen LogP) is 0.645. The van der Waals surface area contributed by atoms with Crippen LogP contribution in [0.25, 0.3) is 0 Å². The van der Waals surface area contributed by atoms with E-state index in [0.717, 1.165) is 0 Å². The van der Waals surface area contributed by atoms with E-state index in [9.17, 15) is 4.79 Å². The average Bonchev–Trinajstić information content (AvgIpc) is 2.11. The number of amides is 1. The Bertz CT molecular complexity index is 179. The van der Waals surface area contributed by atoms with Gasteiger partial charge in [0.05, 0.1) is 12.7 Å². The maximum atomic E-state index is 10.7. The highest BCUT2D eigenvalue weighted by Gasteiger charge is 2.19. The monoisotopic (exact) mass is 157 g/mol. The molecule has 4 heteroatoms. The zero-order valence-corrected chi connectivity index (χ0v) is 6.42. The van der Waals surface area contributed by atoms with Gasteiger partial charge in [-0.1, -0.05) is 6.58 Å². The third-order valence-corrected chi connectivity index (χ3v) is 1.55. The fraction of sp³-hybridized carbons (Fsp3) is 0.571. The van der Waals surface area contributed by atoms with Crippen LogP contribution in [-0.2, 0) is 9.47 Å². The minimum atomic E-state index is -0.449. The largest absolute Gasteiger partial charge is 0.449 e. The molecule has 1 atom stereocenters. The van der Waals surface area contributed by atoms with Gasteiger partial charge in [-0.3, -0.25) is 5.32 Å². The van der Waals surface area contributed by atoms with Crippen LogP contribution in [0.4, 0.5) is 4.79 Å². The molecule has 1 heterocycles. The molecule has 0 radical (unpaired) electrons. The van der Waals surface area contributed by atoms with Gasteiger partial charge in [0.2, 0.25) is 0 Å². The Morgan fingerprint density at radius 3 is 3.18 bits per heavy atom. The van der Waals surface area contributed by atoms with Crippen LogP contribution in [-0.4, -0.2) is 25.9 Å². The first-order valence-corrected chi connectivity index (χ1v) is 3.39. The summed E-state index contributed by atoms with van der Waals surface area (Å²) < 4.78 is 9.75. The van der Waals surface area contributed by atoms with E-state index in [2.05, 4.69) is 11.9 Å². The quantitative estimate of drug-likeness (QED) is 0.607. The molecule has 1 amide bonds. The van der Waals surface area contributed by atoms with Gasteiger partial charge in [0, 0.05) is 19.2 Å². The van der Waals surface area contributed by atoms with Crippen LogP contribution in [0.2, 0.25) is 0 Å². The van der Waals surface area contributed by atoms with Crippen molar-refractivity contribution in [2.24, 2.45) is 0 Å². The molecule has 0 aromatic carbocycles. The van der Waals surface area contributed by atoms with Gasteiger partial charge in [-0.2, -0.15) is 0 Å². The number of carbonyl (C=O) groups excluding carboxylic acids is 1. The molecular formula is C7H11NO3. The fourth-order valence-corrected chi connectivity index (χ4v) is 0.941. The van der Waals surface area contributed by atoms with Crippen LogP contribution >= 0.6 is 0 Å². The molecule has 0 aromatic heterocycles. The molecule has 0 aromatic rings. The van der Waals surface area contributed by atoms with Gasteiger partial charge in [-0.15, -0.1) is 0 Å². The van der Waals surface area contributed by atoms with E-state index in [0.29, 0.717) is 18.7 Å². The normalized spacial score (nSPS) is 25.4. The van der Waals surface area contributed by atoms with Crippen molar-refractivity contribution in [2.45, 2.75) is 12.5 Å². The van der Waals surface area contributed by atoms with Crippen LogP contribution < -0.4 is 5.32 Å². The number of methoxy groups -OCH3 is 1. The second-order valence-corrected chi connectivity index (χ2v) is 2.30. The van der Waals surface area contributed by atoms with Crippen LogP contribution in [0.1, 0.15) is 6.42 Å². The van der Waals surface area contributed by atoms with E-state index in [1.807, 2.05) is 0 Å². The van der Waals surface area contributed by atoms with Crippen molar-refractivity contribution in [1.82, 2.24) is 5.32 Å². The Balaban J connectivity index is 2.57. The van der Waals surface area contributed by atoms with Crippen molar-refractivity contribution in [1.29, 1.82) is 0 Å². The van der Waals surface area contributed by atoms with Gasteiger partial charge in [0.25, 0.3) is 0 Å². The minimum Gasteiger partial charge on any atom is -0.449 e. The van der Waals surface area contributed by atoms with Crippen molar-refractivity contribution < 1.29 is 14.3 Å². The second-order valence-electron chi connectivity index (χ2n) is 2.30. The summed E-state index contributed by atoms with van der Waals surface area (Å²) in [4.78, 5) is 10.7. The molecule has 62 valence electrons. The van der Waals surface area contributed by atoms with Crippen molar-refractivity contribution in [3.63, 3.8) is 0 Å². The molecule has 1 fully saturated rings. The third-order valence-electron chi connectivity index (χ3n) is 1.55. The lowest BCUT2D eigenvalue weighted by Gasteiger charge is -2.12. The lowest BCUT2D eigenvalue weighted by atomic mass is 10.2. The van der Waals surface area contributed by atoms with E-state index in [4.69, 9.17) is 9.47 Å². The number of nitrogens with one attached hydrogen (secondary N) is 1. The lowest BCUT2D eigenvalue weighted by Crippen LogP contribution is -2.26. The van der Waals surface area contributed by atoms with Crippen molar-refractivity contribution in [3.8, 4) is 0 Å². The smallest absolute Gasteiger partial charge is 0.411 e. The van der Waals surface area contributed by atoms with Gasteiger partial charge < -0.3 is 9.47 Å². The molecule has 1 aliphatic heterocycles. The number of hydrogen-bond acceptors (Lipinski definition) is 3. The first-order valence-electron chi connectivity index (χ1n) is 3.39. The number of cyclic esters (lactones) is 1. The standard InChI is InChI=1S/C7H11NO3/c1-5-6(10-2)3-4-11-7(9)8-5/h6H,1,3-4H2,2H3,(H,8,9). The van der Waals surface area contributed by atoms with Gasteiger partial charge in [0.15, 0.2) is 0 Å². The predicted molar refractivity (Wildman–Crippen MR) is 39.0 cm³/mol. The Labute approximate surface area is 65.2 Å². The molecule has 1 N–H and O–H groups in total. The molecule has 1 aliphatic rings. The molecular weight excluding hydrogens is 146 g/mol. The van der Waals surface area contributed by atoms with Crippen molar-refractivity contribution in [3.05, 3.63) is 12.3 Å². The van der Waals surface area contributed by atoms with Gasteiger partial charge in [-0.05, 0) is 0 Å². The number of carbonyl (C=O) groups is 1. The maximum absolute atomic E-state index is 10.7. The number of alkyl carbamates (subject to hydrolysis) is 1. The zero-order chi connectivity index (χ0) is 8.27. The van der Waals surface area contributed by atoms with E-state index >= 15 is 0 Å². The lowest BCUT2D eigenvalue weighted by molar-refractivity contribution is 0.106. The van der Waals surface area contributed by atoms with E-state index in [-0.39, 0.29) is 6.10 Å². The fourth-order valence-electron chi connectivity index (χ4n) is 0.941. The summed E-state index contributed by atoms with van der Waals surface area (Å²) in [5, 5.41) is 2.46. The summed E-state index contributed by atoms with van der Waals surface area (Å²) in [6.45, 7) is 4.02. The summed E-state index contributed by atoms with van der Waals surface area (Å²) in [6, 6.07) is 0. The maximum Gasteiger partial charge on any atom is 0.411 e. The van der Waals surface area contributed by atoms with Crippen LogP contribution in [0.15, 0.2) is 12.3 Å². The Morgan fingerprint density at radius 2 is 2.55 bits per heavy atom. The van der Waals surface area contributed by atoms with Gasteiger partial charge in [-0.25, -0.2) is 4.79 Å². The minimum absolute atomic E-state index is 0.124. The first kappa shape index (κ1) is 8.07. The zero-order valence-electron chi connectivity index (χ0n) is 6.42. The van der Waals surface area contributed by atoms with Gasteiger partial charge in [0.1, 0.15) is 0 Å². The topological polar surface area (TPSA) is 47.6 Å². The molecule has 1 rings (SSSR count). The highest BCUT2D eigenvalue weighted by Crippen LogP contribution is 2.09. The van der Waals surface area contributed by atoms with Crippen molar-refractivity contribution in [2.75, 3.05) is 13.7 Å². The summed E-state index contributed by atoms with van der Waals surface area (Å²) in [6.07, 6.45) is 0.0876. The Hall–Kier alpha value is -1.03.